The van der Waals surface area contributed by atoms with Crippen molar-refractivity contribution in [3.05, 3.63) is 99.0 Å². The fourth-order valence-corrected chi connectivity index (χ4v) is 3.17. The number of hydrogen-bond donors (Lipinski definition) is 0. The molecule has 1 aliphatic rings. The van der Waals surface area contributed by atoms with Crippen molar-refractivity contribution in [1.82, 2.24) is 0 Å². The molecule has 0 unspecified atom stereocenters. The van der Waals surface area contributed by atoms with Crippen molar-refractivity contribution in [2.24, 2.45) is 0 Å². The minimum Gasteiger partial charge on any atom is -0.489 e. The van der Waals surface area contributed by atoms with E-state index in [1.165, 1.54) is 6.07 Å². The number of hydrogen-bond acceptors (Lipinski definition) is 3. The Kier molecular flexibility index (Phi) is 5.07. The van der Waals surface area contributed by atoms with Crippen molar-refractivity contribution in [1.29, 1.82) is 0 Å². The molecule has 0 radical (unpaired) electrons. The van der Waals surface area contributed by atoms with E-state index < -0.39 is 0 Å². The standard InChI is InChI=1S/C22H13Cl2FO3/c23-17-6-3-5-13(21(17)24)10-20-22(26)16-9-8-15(11-19(16)28-20)27-12-14-4-1-2-7-18(14)25/h1-11H,12H2. The SMILES string of the molecule is O=C1C(=Cc2cccc(Cl)c2Cl)Oc2cc(OCc3ccccc3F)ccc21. The van der Waals surface area contributed by atoms with E-state index in [0.29, 0.717) is 38.2 Å². The third-order valence-electron chi connectivity index (χ3n) is 4.26. The molecule has 140 valence electrons. The molecular formula is C22H13Cl2FO3. The molecule has 4 rings (SSSR count). The van der Waals surface area contributed by atoms with Gasteiger partial charge < -0.3 is 9.47 Å². The Bertz CT molecular complexity index is 1110. The zero-order valence-electron chi connectivity index (χ0n) is 14.4. The summed E-state index contributed by atoms with van der Waals surface area (Å²) in [6.45, 7) is 0.0697. The molecule has 6 heteroatoms. The zero-order chi connectivity index (χ0) is 19.7. The highest BCUT2D eigenvalue weighted by atomic mass is 35.5. The molecule has 0 fully saturated rings. The summed E-state index contributed by atoms with van der Waals surface area (Å²) >= 11 is 12.2. The average molecular weight is 415 g/mol. The van der Waals surface area contributed by atoms with Crippen molar-refractivity contribution >= 4 is 35.1 Å². The molecule has 0 N–H and O–H groups in total. The normalized spacial score (nSPS) is 14.1. The number of fused-ring (bicyclic) bond motifs is 1. The number of carbonyl (C=O) groups excluding carboxylic acids is 1. The van der Waals surface area contributed by atoms with Crippen LogP contribution in [0, 0.1) is 5.82 Å². The first-order valence-electron chi connectivity index (χ1n) is 8.41. The second-order valence-corrected chi connectivity index (χ2v) is 6.91. The maximum Gasteiger partial charge on any atom is 0.231 e. The second-order valence-electron chi connectivity index (χ2n) is 6.12. The van der Waals surface area contributed by atoms with Crippen LogP contribution in [-0.4, -0.2) is 5.78 Å². The molecule has 3 nitrogen and oxygen atoms in total. The third-order valence-corrected chi connectivity index (χ3v) is 5.10. The molecule has 0 aliphatic carbocycles. The number of benzene rings is 3. The van der Waals surface area contributed by atoms with Crippen LogP contribution in [0.4, 0.5) is 4.39 Å². The predicted octanol–water partition coefficient (Wildman–Crippen LogP) is 6.33. The van der Waals surface area contributed by atoms with Crippen LogP contribution in [0.25, 0.3) is 6.08 Å². The fraction of sp³-hybridized carbons (Fsp3) is 0.0455. The van der Waals surface area contributed by atoms with Gasteiger partial charge in [-0.15, -0.1) is 0 Å². The van der Waals surface area contributed by atoms with E-state index >= 15 is 0 Å². The van der Waals surface area contributed by atoms with E-state index in [1.807, 2.05) is 0 Å². The van der Waals surface area contributed by atoms with Gasteiger partial charge in [-0.05, 0) is 35.9 Å². The Balaban J connectivity index is 1.55. The molecule has 28 heavy (non-hydrogen) atoms. The molecule has 0 spiro atoms. The van der Waals surface area contributed by atoms with Gasteiger partial charge in [-0.25, -0.2) is 4.39 Å². The number of rotatable bonds is 4. The first kappa shape index (κ1) is 18.5. The molecular weight excluding hydrogens is 402 g/mol. The minimum absolute atomic E-state index is 0.0697. The third kappa shape index (κ3) is 3.61. The summed E-state index contributed by atoms with van der Waals surface area (Å²) in [7, 11) is 0. The lowest BCUT2D eigenvalue weighted by molar-refractivity contribution is 0.101. The zero-order valence-corrected chi connectivity index (χ0v) is 15.9. The van der Waals surface area contributed by atoms with E-state index in [9.17, 15) is 9.18 Å². The lowest BCUT2D eigenvalue weighted by atomic mass is 10.1. The molecule has 0 aromatic heterocycles. The van der Waals surface area contributed by atoms with Crippen molar-refractivity contribution in [3.63, 3.8) is 0 Å². The summed E-state index contributed by atoms with van der Waals surface area (Å²) in [6, 6.07) is 16.4. The van der Waals surface area contributed by atoms with Crippen LogP contribution in [0.15, 0.2) is 66.4 Å². The van der Waals surface area contributed by atoms with Crippen LogP contribution >= 0.6 is 23.2 Å². The van der Waals surface area contributed by atoms with Gasteiger partial charge in [0, 0.05) is 11.6 Å². The number of ketones is 1. The number of allylic oxidation sites excluding steroid dienone is 1. The highest BCUT2D eigenvalue weighted by Gasteiger charge is 2.28. The van der Waals surface area contributed by atoms with E-state index in [2.05, 4.69) is 0 Å². The van der Waals surface area contributed by atoms with E-state index in [-0.39, 0.29) is 24.0 Å². The van der Waals surface area contributed by atoms with Crippen LogP contribution in [0.2, 0.25) is 10.0 Å². The van der Waals surface area contributed by atoms with Gasteiger partial charge in [-0.3, -0.25) is 4.79 Å². The first-order valence-corrected chi connectivity index (χ1v) is 9.17. The van der Waals surface area contributed by atoms with Crippen molar-refractivity contribution in [2.45, 2.75) is 6.61 Å². The maximum absolute atomic E-state index is 13.7. The molecule has 1 heterocycles. The highest BCUT2D eigenvalue weighted by Crippen LogP contribution is 2.36. The largest absolute Gasteiger partial charge is 0.489 e. The first-order chi connectivity index (χ1) is 13.5. The van der Waals surface area contributed by atoms with Gasteiger partial charge in [-0.1, -0.05) is 53.5 Å². The minimum atomic E-state index is -0.335. The van der Waals surface area contributed by atoms with E-state index in [0.717, 1.165) is 0 Å². The van der Waals surface area contributed by atoms with Crippen molar-refractivity contribution in [3.8, 4) is 11.5 Å². The molecule has 1 aliphatic heterocycles. The van der Waals surface area contributed by atoms with Gasteiger partial charge in [0.1, 0.15) is 23.9 Å². The number of halogens is 3. The summed E-state index contributed by atoms with van der Waals surface area (Å²) < 4.78 is 25.0. The Morgan fingerprint density at radius 3 is 2.68 bits per heavy atom. The molecule has 3 aromatic carbocycles. The van der Waals surface area contributed by atoms with E-state index in [4.69, 9.17) is 32.7 Å². The van der Waals surface area contributed by atoms with Crippen molar-refractivity contribution in [2.75, 3.05) is 0 Å². The van der Waals surface area contributed by atoms with Gasteiger partial charge >= 0.3 is 0 Å². The number of Topliss-reactive ketones (excluding diaryl/α,β-unsaturated/α-hetero) is 1. The molecule has 0 saturated heterocycles. The van der Waals surface area contributed by atoms with Gasteiger partial charge in [0.05, 0.1) is 15.6 Å². The van der Waals surface area contributed by atoms with Gasteiger partial charge in [0.25, 0.3) is 0 Å². The maximum atomic E-state index is 13.7. The summed E-state index contributed by atoms with van der Waals surface area (Å²) in [5.41, 5.74) is 1.44. The quantitative estimate of drug-likeness (QED) is 0.468. The van der Waals surface area contributed by atoms with Crippen LogP contribution in [0.5, 0.6) is 11.5 Å². The lowest BCUT2D eigenvalue weighted by Crippen LogP contribution is -1.98. The predicted molar refractivity (Wildman–Crippen MR) is 107 cm³/mol. The van der Waals surface area contributed by atoms with Crippen molar-refractivity contribution < 1.29 is 18.7 Å². The van der Waals surface area contributed by atoms with Gasteiger partial charge in [0.15, 0.2) is 5.76 Å². The van der Waals surface area contributed by atoms with Crippen LogP contribution in [0.1, 0.15) is 21.5 Å². The van der Waals surface area contributed by atoms with E-state index in [1.54, 1.807) is 60.7 Å². The summed E-state index contributed by atoms with van der Waals surface area (Å²) in [6.07, 6.45) is 1.55. The molecule has 0 amide bonds. The topological polar surface area (TPSA) is 35.5 Å². The van der Waals surface area contributed by atoms with Crippen LogP contribution < -0.4 is 9.47 Å². The highest BCUT2D eigenvalue weighted by molar-refractivity contribution is 6.43. The average Bonchev–Trinajstić information content (AvgIpc) is 3.00. The fourth-order valence-electron chi connectivity index (χ4n) is 2.81. The Morgan fingerprint density at radius 2 is 1.86 bits per heavy atom. The summed E-state index contributed by atoms with van der Waals surface area (Å²) in [5, 5.41) is 0.737. The monoisotopic (exact) mass is 414 g/mol. The van der Waals surface area contributed by atoms with Crippen LogP contribution in [0.3, 0.4) is 0 Å². The Hall–Kier alpha value is -2.82. The smallest absolute Gasteiger partial charge is 0.231 e. The number of carbonyl (C=O) groups is 1. The summed E-state index contributed by atoms with van der Waals surface area (Å²) in [5.74, 6) is 0.396. The summed E-state index contributed by atoms with van der Waals surface area (Å²) in [4.78, 5) is 12.6. The van der Waals surface area contributed by atoms with Gasteiger partial charge in [0.2, 0.25) is 5.78 Å². The molecule has 3 aromatic rings. The Morgan fingerprint density at radius 1 is 1.04 bits per heavy atom. The Labute approximate surface area is 170 Å². The second kappa shape index (κ2) is 7.66. The number of ether oxygens (including phenoxy) is 2. The molecule has 0 bridgehead atoms. The van der Waals surface area contributed by atoms with Gasteiger partial charge in [-0.2, -0.15) is 0 Å². The molecule has 0 saturated carbocycles. The van der Waals surface area contributed by atoms with Crippen LogP contribution in [-0.2, 0) is 6.61 Å². The lowest BCUT2D eigenvalue weighted by Gasteiger charge is -2.08. The molecule has 0 atom stereocenters.